The third kappa shape index (κ3) is 5.12. The first-order valence-corrected chi connectivity index (χ1v) is 11.1. The highest BCUT2D eigenvalue weighted by Crippen LogP contribution is 2.28. The number of amides is 1. The minimum Gasteiger partial charge on any atom is -0.454 e. The van der Waals surface area contributed by atoms with E-state index in [9.17, 15) is 31.9 Å². The number of carbonyl (C=O) groups excluding carboxylic acids is 2. The van der Waals surface area contributed by atoms with Gasteiger partial charge < -0.3 is 15.2 Å². The van der Waals surface area contributed by atoms with Crippen molar-refractivity contribution in [3.63, 3.8) is 0 Å². The lowest BCUT2D eigenvalue weighted by molar-refractivity contribution is -0.150. The summed E-state index contributed by atoms with van der Waals surface area (Å²) in [6.45, 7) is 2.51. The molecule has 1 amide bonds. The van der Waals surface area contributed by atoms with E-state index in [2.05, 4.69) is 5.32 Å². The molecule has 2 aromatic carbocycles. The number of esters is 1. The van der Waals surface area contributed by atoms with E-state index < -0.39 is 52.3 Å². The van der Waals surface area contributed by atoms with Crippen molar-refractivity contribution in [1.29, 1.82) is 0 Å². The maximum absolute atomic E-state index is 13.2. The van der Waals surface area contributed by atoms with E-state index in [1.54, 1.807) is 13.0 Å². The van der Waals surface area contributed by atoms with Crippen LogP contribution in [0.3, 0.4) is 0 Å². The summed E-state index contributed by atoms with van der Waals surface area (Å²) < 4.78 is 58.1. The van der Waals surface area contributed by atoms with Gasteiger partial charge in [-0.2, -0.15) is 4.31 Å². The molecule has 0 aromatic heterocycles. The van der Waals surface area contributed by atoms with E-state index in [0.717, 1.165) is 33.6 Å². The van der Waals surface area contributed by atoms with Crippen LogP contribution >= 0.6 is 0 Å². The molecule has 1 heterocycles. The number of nitrogens with zero attached hydrogens (tertiary/aromatic N) is 1. The summed E-state index contributed by atoms with van der Waals surface area (Å²) in [4.78, 5) is 24.5. The molecule has 0 radical (unpaired) electrons. The zero-order valence-electron chi connectivity index (χ0n) is 17.3. The lowest BCUT2D eigenvalue weighted by Gasteiger charge is -2.22. The Kier molecular flexibility index (Phi) is 6.91. The van der Waals surface area contributed by atoms with E-state index in [1.807, 2.05) is 6.92 Å². The van der Waals surface area contributed by atoms with Gasteiger partial charge in [-0.15, -0.1) is 0 Å². The van der Waals surface area contributed by atoms with Crippen LogP contribution in [-0.4, -0.2) is 55.0 Å². The summed E-state index contributed by atoms with van der Waals surface area (Å²) in [5, 5.41) is 12.2. The van der Waals surface area contributed by atoms with Gasteiger partial charge in [0.15, 0.2) is 18.2 Å². The highest BCUT2D eigenvalue weighted by atomic mass is 32.2. The van der Waals surface area contributed by atoms with Crippen molar-refractivity contribution in [2.24, 2.45) is 0 Å². The maximum Gasteiger partial charge on any atom is 0.325 e. The zero-order chi connectivity index (χ0) is 23.6. The lowest BCUT2D eigenvalue weighted by atomic mass is 10.1. The molecule has 172 valence electrons. The third-order valence-corrected chi connectivity index (χ3v) is 7.01. The molecule has 0 bridgehead atoms. The van der Waals surface area contributed by atoms with Crippen LogP contribution in [0.4, 0.5) is 14.5 Å². The number of aryl methyl sites for hydroxylation is 2. The molecule has 1 saturated heterocycles. The Hall–Kier alpha value is -2.89. The highest BCUT2D eigenvalue weighted by Gasteiger charge is 2.44. The number of β-amino-alcohol motifs (C(OH)–C–C–N with tert-alkyl or cyclic N) is 1. The Balaban J connectivity index is 1.68. The average Bonchev–Trinajstić information content (AvgIpc) is 3.13. The summed E-state index contributed by atoms with van der Waals surface area (Å²) in [5.74, 6) is -4.08. The van der Waals surface area contributed by atoms with Gasteiger partial charge >= 0.3 is 5.97 Å². The molecule has 0 aliphatic carbocycles. The minimum absolute atomic E-state index is 0.0245. The number of anilines is 1. The zero-order valence-corrected chi connectivity index (χ0v) is 18.2. The predicted molar refractivity (Wildman–Crippen MR) is 110 cm³/mol. The first-order valence-electron chi connectivity index (χ1n) is 9.67. The number of rotatable bonds is 6. The largest absolute Gasteiger partial charge is 0.454 e. The van der Waals surface area contributed by atoms with Crippen LogP contribution in [0.1, 0.15) is 17.5 Å². The fourth-order valence-electron chi connectivity index (χ4n) is 3.28. The van der Waals surface area contributed by atoms with Crippen LogP contribution in [0.15, 0.2) is 41.3 Å². The van der Waals surface area contributed by atoms with E-state index in [-0.39, 0.29) is 23.5 Å². The summed E-state index contributed by atoms with van der Waals surface area (Å²) in [6.07, 6.45) is -1.27. The molecule has 2 aromatic rings. The van der Waals surface area contributed by atoms with E-state index >= 15 is 0 Å². The molecule has 1 fully saturated rings. The Morgan fingerprint density at radius 2 is 1.84 bits per heavy atom. The maximum atomic E-state index is 13.2. The number of aliphatic hydroxyl groups excluding tert-OH is 1. The second-order valence-electron chi connectivity index (χ2n) is 7.51. The first-order chi connectivity index (χ1) is 15.0. The SMILES string of the molecule is Cc1ccc(S(=O)(=O)N2CC(O)CC2C(=O)OCC(=O)Nc2ccc(F)c(F)c2)cc1C. The molecule has 0 spiro atoms. The Labute approximate surface area is 183 Å². The Bertz CT molecular complexity index is 1150. The van der Waals surface area contributed by atoms with Gasteiger partial charge in [0.25, 0.3) is 5.91 Å². The second kappa shape index (κ2) is 9.31. The van der Waals surface area contributed by atoms with Crippen LogP contribution in [0.5, 0.6) is 0 Å². The average molecular weight is 468 g/mol. The fourth-order valence-corrected chi connectivity index (χ4v) is 4.99. The van der Waals surface area contributed by atoms with Crippen molar-refractivity contribution in [3.8, 4) is 0 Å². The van der Waals surface area contributed by atoms with Crippen molar-refractivity contribution in [1.82, 2.24) is 4.31 Å². The van der Waals surface area contributed by atoms with Crippen molar-refractivity contribution >= 4 is 27.6 Å². The fraction of sp³-hybridized carbons (Fsp3) is 0.333. The molecule has 2 N–H and O–H groups in total. The molecule has 1 aliphatic rings. The van der Waals surface area contributed by atoms with Gasteiger partial charge in [-0.25, -0.2) is 17.2 Å². The number of ether oxygens (including phenoxy) is 1. The first kappa shape index (κ1) is 23.8. The number of sulfonamides is 1. The van der Waals surface area contributed by atoms with Gasteiger partial charge in [0, 0.05) is 24.7 Å². The molecular formula is C21H22F2N2O6S. The summed E-state index contributed by atoms with van der Waals surface area (Å²) in [7, 11) is -4.11. The number of hydrogen-bond donors (Lipinski definition) is 2. The molecule has 3 rings (SSSR count). The monoisotopic (exact) mass is 468 g/mol. The van der Waals surface area contributed by atoms with Crippen molar-refractivity contribution < 1.29 is 36.6 Å². The van der Waals surface area contributed by atoms with Gasteiger partial charge in [0.05, 0.1) is 11.0 Å². The van der Waals surface area contributed by atoms with Gasteiger partial charge in [0.2, 0.25) is 10.0 Å². The molecule has 1 aliphatic heterocycles. The normalized spacial score (nSPS) is 19.0. The number of hydrogen-bond acceptors (Lipinski definition) is 6. The van der Waals surface area contributed by atoms with Crippen molar-refractivity contribution in [2.45, 2.75) is 37.3 Å². The van der Waals surface area contributed by atoms with E-state index in [4.69, 9.17) is 4.74 Å². The summed E-state index contributed by atoms with van der Waals surface area (Å²) in [6, 6.07) is 5.95. The number of nitrogens with one attached hydrogen (secondary N) is 1. The lowest BCUT2D eigenvalue weighted by Crippen LogP contribution is -2.42. The molecule has 32 heavy (non-hydrogen) atoms. The molecule has 8 nitrogen and oxygen atoms in total. The van der Waals surface area contributed by atoms with Crippen molar-refractivity contribution in [2.75, 3.05) is 18.5 Å². The highest BCUT2D eigenvalue weighted by molar-refractivity contribution is 7.89. The Morgan fingerprint density at radius 3 is 2.50 bits per heavy atom. The van der Waals surface area contributed by atoms with Gasteiger partial charge in [0.1, 0.15) is 6.04 Å². The quantitative estimate of drug-likeness (QED) is 0.626. The summed E-state index contributed by atoms with van der Waals surface area (Å²) >= 11 is 0. The number of carbonyl (C=O) groups is 2. The van der Waals surface area contributed by atoms with Crippen LogP contribution in [-0.2, 0) is 24.3 Å². The van der Waals surface area contributed by atoms with Crippen LogP contribution in [0, 0.1) is 25.5 Å². The molecule has 2 atom stereocenters. The Morgan fingerprint density at radius 1 is 1.12 bits per heavy atom. The van der Waals surface area contributed by atoms with E-state index in [1.165, 1.54) is 12.1 Å². The van der Waals surface area contributed by atoms with Gasteiger partial charge in [-0.1, -0.05) is 6.07 Å². The topological polar surface area (TPSA) is 113 Å². The smallest absolute Gasteiger partial charge is 0.325 e. The van der Waals surface area contributed by atoms with Crippen LogP contribution in [0.2, 0.25) is 0 Å². The number of aliphatic hydroxyl groups is 1. The second-order valence-corrected chi connectivity index (χ2v) is 9.40. The number of halogens is 2. The van der Waals surface area contributed by atoms with Crippen LogP contribution < -0.4 is 5.32 Å². The third-order valence-electron chi connectivity index (χ3n) is 5.14. The molecular weight excluding hydrogens is 446 g/mol. The van der Waals surface area contributed by atoms with Crippen molar-refractivity contribution in [3.05, 3.63) is 59.2 Å². The number of benzene rings is 2. The van der Waals surface area contributed by atoms with Gasteiger partial charge in [-0.3, -0.25) is 9.59 Å². The molecule has 2 unspecified atom stereocenters. The summed E-state index contributed by atoms with van der Waals surface area (Å²) in [5.41, 5.74) is 1.60. The van der Waals surface area contributed by atoms with Gasteiger partial charge in [-0.05, 0) is 49.2 Å². The molecule has 0 saturated carbocycles. The predicted octanol–water partition coefficient (Wildman–Crippen LogP) is 1.89. The molecule has 11 heteroatoms. The van der Waals surface area contributed by atoms with E-state index in [0.29, 0.717) is 0 Å². The minimum atomic E-state index is -4.11. The van der Waals surface area contributed by atoms with Crippen LogP contribution in [0.25, 0.3) is 0 Å². The standard InChI is InChI=1S/C21H22F2N2O6S/c1-12-3-5-16(7-13(12)2)32(29,30)25-10-15(26)9-19(25)21(28)31-11-20(27)24-14-4-6-17(22)18(23)8-14/h3-8,15,19,26H,9-11H2,1-2H3,(H,24,27).